The summed E-state index contributed by atoms with van der Waals surface area (Å²) in [7, 11) is 0. The molecule has 2 heteroatoms. The molecular weight excluding hydrogens is 220 g/mol. The molecule has 1 aliphatic heterocycles. The van der Waals surface area contributed by atoms with Crippen LogP contribution in [0.4, 0.5) is 5.69 Å². The lowest BCUT2D eigenvalue weighted by molar-refractivity contribution is 0.369. The summed E-state index contributed by atoms with van der Waals surface area (Å²) in [6, 6.07) is 9.62. The molecule has 0 aliphatic carbocycles. The molecule has 0 radical (unpaired) electrons. The zero-order valence-electron chi connectivity index (χ0n) is 12.2. The Kier molecular flexibility index (Phi) is 3.96. The van der Waals surface area contributed by atoms with Gasteiger partial charge in [-0.25, -0.2) is 0 Å². The number of benzene rings is 1. The normalized spacial score (nSPS) is 23.8. The van der Waals surface area contributed by atoms with Crippen LogP contribution in [-0.2, 0) is 6.42 Å². The zero-order valence-corrected chi connectivity index (χ0v) is 12.2. The van der Waals surface area contributed by atoms with E-state index in [-0.39, 0.29) is 0 Å². The predicted octanol–water partition coefficient (Wildman–Crippen LogP) is 3.07. The van der Waals surface area contributed by atoms with Crippen LogP contribution in [0.1, 0.15) is 33.3 Å². The van der Waals surface area contributed by atoms with Crippen LogP contribution < -0.4 is 10.2 Å². The highest BCUT2D eigenvalue weighted by molar-refractivity contribution is 5.49. The summed E-state index contributed by atoms with van der Waals surface area (Å²) in [5.41, 5.74) is 3.10. The summed E-state index contributed by atoms with van der Waals surface area (Å²) < 4.78 is 0. The molecule has 0 spiro atoms. The van der Waals surface area contributed by atoms with E-state index in [1.807, 2.05) is 0 Å². The summed E-state index contributed by atoms with van der Waals surface area (Å²) in [5, 5.41) is 3.57. The first-order chi connectivity index (χ1) is 8.52. The molecule has 1 atom stereocenters. The second-order valence-electron chi connectivity index (χ2n) is 6.29. The van der Waals surface area contributed by atoms with Gasteiger partial charge in [0.05, 0.1) is 0 Å². The third kappa shape index (κ3) is 3.05. The largest absolute Gasteiger partial charge is 0.367 e. The number of hydrogen-bond acceptors (Lipinski definition) is 2. The van der Waals surface area contributed by atoms with Crippen LogP contribution >= 0.6 is 0 Å². The maximum Gasteiger partial charge on any atom is 0.0386 e. The molecule has 1 aliphatic rings. The fraction of sp³-hybridized carbons (Fsp3) is 0.625. The molecule has 2 nitrogen and oxygen atoms in total. The molecule has 1 fully saturated rings. The average Bonchev–Trinajstić information content (AvgIpc) is 2.48. The maximum atomic E-state index is 3.57. The van der Waals surface area contributed by atoms with Crippen molar-refractivity contribution in [3.8, 4) is 0 Å². The monoisotopic (exact) mass is 246 g/mol. The van der Waals surface area contributed by atoms with Crippen molar-refractivity contribution in [1.29, 1.82) is 0 Å². The Balaban J connectivity index is 2.22. The Hall–Kier alpha value is -1.02. The Morgan fingerprint density at radius 3 is 2.56 bits per heavy atom. The van der Waals surface area contributed by atoms with Crippen molar-refractivity contribution < 1.29 is 0 Å². The highest BCUT2D eigenvalue weighted by Crippen LogP contribution is 2.26. The van der Waals surface area contributed by atoms with Crippen LogP contribution in [0.5, 0.6) is 0 Å². The maximum absolute atomic E-state index is 3.57. The van der Waals surface area contributed by atoms with Gasteiger partial charge in [-0.3, -0.25) is 0 Å². The Labute approximate surface area is 111 Å². The number of anilines is 1. The molecule has 100 valence electrons. The molecule has 2 rings (SSSR count). The van der Waals surface area contributed by atoms with Crippen molar-refractivity contribution in [1.82, 2.24) is 5.32 Å². The van der Waals surface area contributed by atoms with Crippen molar-refractivity contribution >= 4 is 5.69 Å². The summed E-state index contributed by atoms with van der Waals surface area (Å²) in [4.78, 5) is 2.54. The van der Waals surface area contributed by atoms with Gasteiger partial charge in [0.15, 0.2) is 0 Å². The molecule has 0 bridgehead atoms. The lowest BCUT2D eigenvalue weighted by Gasteiger charge is -2.34. The van der Waals surface area contributed by atoms with Crippen LogP contribution in [0.15, 0.2) is 24.3 Å². The molecule has 1 N–H and O–H groups in total. The lowest BCUT2D eigenvalue weighted by atomic mass is 9.93. The van der Waals surface area contributed by atoms with Crippen molar-refractivity contribution in [3.63, 3.8) is 0 Å². The van der Waals surface area contributed by atoms with Gasteiger partial charge in [-0.1, -0.05) is 32.9 Å². The topological polar surface area (TPSA) is 15.3 Å². The van der Waals surface area contributed by atoms with Gasteiger partial charge in [-0.15, -0.1) is 0 Å². The van der Waals surface area contributed by atoms with E-state index in [4.69, 9.17) is 0 Å². The molecular formula is C16H26N2. The molecule has 0 amide bonds. The quantitative estimate of drug-likeness (QED) is 0.862. The molecule has 0 saturated carbocycles. The molecule has 1 aromatic rings. The number of nitrogens with zero attached hydrogens (tertiary/aromatic N) is 1. The summed E-state index contributed by atoms with van der Waals surface area (Å²) in [5.74, 6) is 0. The number of aryl methyl sites for hydroxylation is 1. The van der Waals surface area contributed by atoms with E-state index in [1.165, 1.54) is 11.3 Å². The van der Waals surface area contributed by atoms with Crippen LogP contribution in [0, 0.1) is 5.41 Å². The molecule has 0 aromatic heterocycles. The van der Waals surface area contributed by atoms with E-state index in [1.54, 1.807) is 0 Å². The Morgan fingerprint density at radius 2 is 1.94 bits per heavy atom. The van der Waals surface area contributed by atoms with Crippen LogP contribution in [0.25, 0.3) is 0 Å². The third-order valence-electron chi connectivity index (χ3n) is 3.85. The Morgan fingerprint density at radius 1 is 1.28 bits per heavy atom. The number of nitrogens with one attached hydrogen (secondary N) is 1. The van der Waals surface area contributed by atoms with Gasteiger partial charge in [-0.05, 0) is 36.5 Å². The zero-order chi connectivity index (χ0) is 13.2. The fourth-order valence-corrected chi connectivity index (χ4v) is 2.67. The fourth-order valence-electron chi connectivity index (χ4n) is 2.67. The van der Waals surface area contributed by atoms with Crippen molar-refractivity contribution in [2.75, 3.05) is 24.5 Å². The van der Waals surface area contributed by atoms with Crippen LogP contribution in [-0.4, -0.2) is 25.7 Å². The van der Waals surface area contributed by atoms with Crippen LogP contribution in [0.3, 0.4) is 0 Å². The predicted molar refractivity (Wildman–Crippen MR) is 79.3 cm³/mol. The first-order valence-electron chi connectivity index (χ1n) is 7.08. The highest BCUT2D eigenvalue weighted by Gasteiger charge is 2.28. The van der Waals surface area contributed by atoms with Crippen molar-refractivity contribution in [2.45, 2.75) is 40.2 Å². The Bertz CT molecular complexity index is 381. The second kappa shape index (κ2) is 5.31. The van der Waals surface area contributed by atoms with Gasteiger partial charge in [-0.2, -0.15) is 0 Å². The van der Waals surface area contributed by atoms with E-state index in [2.05, 4.69) is 62.2 Å². The van der Waals surface area contributed by atoms with Gasteiger partial charge in [0.25, 0.3) is 0 Å². The minimum absolute atomic E-state index is 0.328. The second-order valence-corrected chi connectivity index (χ2v) is 6.29. The minimum Gasteiger partial charge on any atom is -0.367 e. The standard InChI is InChI=1S/C16H26N2/c1-5-14-6-8-15(9-7-14)18-12-16(3,4)11-17-10-13(18)2/h6-9,13,17H,5,10-12H2,1-4H3. The molecule has 1 heterocycles. The van der Waals surface area contributed by atoms with Crippen molar-refractivity contribution in [3.05, 3.63) is 29.8 Å². The van der Waals surface area contributed by atoms with E-state index >= 15 is 0 Å². The SMILES string of the molecule is CCc1ccc(N2CC(C)(C)CNCC2C)cc1. The summed E-state index contributed by atoms with van der Waals surface area (Å²) >= 11 is 0. The van der Waals surface area contributed by atoms with E-state index < -0.39 is 0 Å². The molecule has 1 saturated heterocycles. The molecule has 1 aromatic carbocycles. The lowest BCUT2D eigenvalue weighted by Crippen LogP contribution is -2.39. The summed E-state index contributed by atoms with van der Waals surface area (Å²) in [6.07, 6.45) is 1.11. The third-order valence-corrected chi connectivity index (χ3v) is 3.85. The van der Waals surface area contributed by atoms with Gasteiger partial charge >= 0.3 is 0 Å². The average molecular weight is 246 g/mol. The van der Waals surface area contributed by atoms with Crippen LogP contribution in [0.2, 0.25) is 0 Å². The highest BCUT2D eigenvalue weighted by atomic mass is 15.2. The van der Waals surface area contributed by atoms with Gasteiger partial charge < -0.3 is 10.2 Å². The minimum atomic E-state index is 0.328. The first-order valence-corrected chi connectivity index (χ1v) is 7.08. The molecule has 1 unspecified atom stereocenters. The van der Waals surface area contributed by atoms with Gasteiger partial charge in [0, 0.05) is 31.4 Å². The summed E-state index contributed by atoms with van der Waals surface area (Å²) in [6.45, 7) is 12.5. The van der Waals surface area contributed by atoms with Crippen molar-refractivity contribution in [2.24, 2.45) is 5.41 Å². The number of hydrogen-bond donors (Lipinski definition) is 1. The van der Waals surface area contributed by atoms with Gasteiger partial charge in [0.2, 0.25) is 0 Å². The first kappa shape index (κ1) is 13.4. The van der Waals surface area contributed by atoms with E-state index in [0.29, 0.717) is 11.5 Å². The van der Waals surface area contributed by atoms with E-state index in [0.717, 1.165) is 26.1 Å². The van der Waals surface area contributed by atoms with E-state index in [9.17, 15) is 0 Å². The smallest absolute Gasteiger partial charge is 0.0386 e. The number of rotatable bonds is 2. The molecule has 18 heavy (non-hydrogen) atoms. The van der Waals surface area contributed by atoms with Gasteiger partial charge in [0.1, 0.15) is 0 Å².